The summed E-state index contributed by atoms with van der Waals surface area (Å²) in [6.45, 7) is 2.10. The molecular formula is C17H16N2O2S. The summed E-state index contributed by atoms with van der Waals surface area (Å²) in [6.07, 6.45) is 4.24. The molecule has 0 saturated carbocycles. The number of amides is 1. The summed E-state index contributed by atoms with van der Waals surface area (Å²) in [7, 11) is 1.74. The molecule has 1 aromatic heterocycles. The van der Waals surface area contributed by atoms with Crippen molar-refractivity contribution in [2.75, 3.05) is 7.05 Å². The lowest BCUT2D eigenvalue weighted by atomic mass is 10.1. The van der Waals surface area contributed by atoms with Crippen LogP contribution in [0.4, 0.5) is 5.69 Å². The molecule has 2 aromatic rings. The van der Waals surface area contributed by atoms with Crippen molar-refractivity contribution in [3.63, 3.8) is 0 Å². The van der Waals surface area contributed by atoms with Gasteiger partial charge in [0.25, 0.3) is 5.91 Å². The number of amidine groups is 1. The standard InChI is InChI=1S/C17H16N2O2S/c1-3-12-7-4-5-9-14(12)18-17-19(2)16(20)15(22-17)11-13-8-6-10-21-13/h4-11H,3H2,1-2H3/b15-11-,18-17?. The van der Waals surface area contributed by atoms with Gasteiger partial charge in [0.15, 0.2) is 5.17 Å². The second-order valence-electron chi connectivity index (χ2n) is 4.87. The number of hydrogen-bond acceptors (Lipinski definition) is 4. The topological polar surface area (TPSA) is 45.8 Å². The van der Waals surface area contributed by atoms with Gasteiger partial charge in [0.1, 0.15) is 5.76 Å². The molecule has 0 bridgehead atoms. The second-order valence-corrected chi connectivity index (χ2v) is 5.88. The maximum Gasteiger partial charge on any atom is 0.266 e. The highest BCUT2D eigenvalue weighted by Gasteiger charge is 2.30. The minimum Gasteiger partial charge on any atom is -0.465 e. The van der Waals surface area contributed by atoms with E-state index in [4.69, 9.17) is 4.42 Å². The van der Waals surface area contributed by atoms with Crippen molar-refractivity contribution in [3.8, 4) is 0 Å². The summed E-state index contributed by atoms with van der Waals surface area (Å²) in [4.78, 5) is 19.1. The van der Waals surface area contributed by atoms with E-state index >= 15 is 0 Å². The predicted octanol–water partition coefficient (Wildman–Crippen LogP) is 4.08. The molecule has 0 aliphatic carbocycles. The molecule has 1 amide bonds. The quantitative estimate of drug-likeness (QED) is 0.802. The van der Waals surface area contributed by atoms with Crippen molar-refractivity contribution in [3.05, 3.63) is 58.9 Å². The first-order valence-corrected chi connectivity index (χ1v) is 7.88. The number of carbonyl (C=O) groups is 1. The summed E-state index contributed by atoms with van der Waals surface area (Å²) in [5.74, 6) is 0.605. The van der Waals surface area contributed by atoms with Crippen LogP contribution in [0.25, 0.3) is 6.08 Å². The van der Waals surface area contributed by atoms with E-state index in [1.165, 1.54) is 17.3 Å². The predicted molar refractivity (Wildman–Crippen MR) is 90.0 cm³/mol. The van der Waals surface area contributed by atoms with Gasteiger partial charge in [-0.2, -0.15) is 0 Å². The fraction of sp³-hybridized carbons (Fsp3) is 0.176. The number of hydrogen-bond donors (Lipinski definition) is 0. The Kier molecular flexibility index (Phi) is 4.15. The SMILES string of the molecule is CCc1ccccc1N=C1S/C(=C\c2ccco2)C(=O)N1C. The van der Waals surface area contributed by atoms with Gasteiger partial charge in [-0.1, -0.05) is 25.1 Å². The smallest absolute Gasteiger partial charge is 0.266 e. The average molecular weight is 312 g/mol. The van der Waals surface area contributed by atoms with Gasteiger partial charge in [0.2, 0.25) is 0 Å². The molecule has 0 atom stereocenters. The molecule has 0 spiro atoms. The lowest BCUT2D eigenvalue weighted by molar-refractivity contribution is -0.121. The number of benzene rings is 1. The van der Waals surface area contributed by atoms with Crippen LogP contribution >= 0.6 is 11.8 Å². The molecule has 1 aromatic carbocycles. The monoisotopic (exact) mass is 312 g/mol. The third-order valence-corrected chi connectivity index (χ3v) is 4.47. The van der Waals surface area contributed by atoms with Crippen molar-refractivity contribution < 1.29 is 9.21 Å². The Bertz CT molecular complexity index is 748. The van der Waals surface area contributed by atoms with Crippen molar-refractivity contribution in [1.82, 2.24) is 4.90 Å². The zero-order valence-corrected chi connectivity index (χ0v) is 13.3. The Labute approximate surface area is 133 Å². The van der Waals surface area contributed by atoms with E-state index in [1.54, 1.807) is 30.4 Å². The largest absolute Gasteiger partial charge is 0.465 e. The van der Waals surface area contributed by atoms with E-state index < -0.39 is 0 Å². The Morgan fingerprint density at radius 1 is 1.27 bits per heavy atom. The number of rotatable bonds is 3. The molecule has 0 unspecified atom stereocenters. The van der Waals surface area contributed by atoms with Gasteiger partial charge >= 0.3 is 0 Å². The van der Waals surface area contributed by atoms with Crippen LogP contribution in [0.5, 0.6) is 0 Å². The highest BCUT2D eigenvalue weighted by atomic mass is 32.2. The highest BCUT2D eigenvalue weighted by Crippen LogP contribution is 2.33. The normalized spacial score (nSPS) is 18.6. The molecule has 5 heteroatoms. The van der Waals surface area contributed by atoms with E-state index in [9.17, 15) is 4.79 Å². The number of furan rings is 1. The first kappa shape index (κ1) is 14.7. The van der Waals surface area contributed by atoms with Gasteiger partial charge in [0, 0.05) is 13.1 Å². The Morgan fingerprint density at radius 3 is 2.82 bits per heavy atom. The van der Waals surface area contributed by atoms with Gasteiger partial charge < -0.3 is 4.42 Å². The van der Waals surface area contributed by atoms with Crippen molar-refractivity contribution in [2.24, 2.45) is 4.99 Å². The number of aryl methyl sites for hydroxylation is 1. The van der Waals surface area contributed by atoms with Crippen LogP contribution in [-0.4, -0.2) is 23.0 Å². The first-order valence-electron chi connectivity index (χ1n) is 7.06. The Morgan fingerprint density at radius 2 is 2.09 bits per heavy atom. The molecule has 2 heterocycles. The van der Waals surface area contributed by atoms with Crippen molar-refractivity contribution >= 4 is 34.6 Å². The van der Waals surface area contributed by atoms with Crippen LogP contribution in [0, 0.1) is 0 Å². The molecule has 1 aliphatic rings. The molecule has 3 rings (SSSR count). The van der Waals surface area contributed by atoms with Crippen LogP contribution in [0.1, 0.15) is 18.2 Å². The third-order valence-electron chi connectivity index (χ3n) is 3.41. The van der Waals surface area contributed by atoms with Gasteiger partial charge in [-0.25, -0.2) is 4.99 Å². The van der Waals surface area contributed by atoms with Gasteiger partial charge in [-0.3, -0.25) is 9.69 Å². The zero-order chi connectivity index (χ0) is 15.5. The maximum absolute atomic E-state index is 12.3. The maximum atomic E-state index is 12.3. The summed E-state index contributed by atoms with van der Waals surface area (Å²) in [6, 6.07) is 11.6. The van der Waals surface area contributed by atoms with Crippen molar-refractivity contribution in [1.29, 1.82) is 0 Å². The minimum absolute atomic E-state index is 0.0610. The fourth-order valence-corrected chi connectivity index (χ4v) is 3.14. The molecule has 0 radical (unpaired) electrons. The van der Waals surface area contributed by atoms with Gasteiger partial charge in [0.05, 0.1) is 16.9 Å². The highest BCUT2D eigenvalue weighted by molar-refractivity contribution is 8.18. The third kappa shape index (κ3) is 2.85. The van der Waals surface area contributed by atoms with Gasteiger partial charge in [-0.15, -0.1) is 0 Å². The summed E-state index contributed by atoms with van der Waals surface area (Å²) in [5, 5.41) is 0.684. The molecule has 22 heavy (non-hydrogen) atoms. The van der Waals surface area contributed by atoms with Crippen LogP contribution in [-0.2, 0) is 11.2 Å². The lowest BCUT2D eigenvalue weighted by Gasteiger charge is -2.08. The second kappa shape index (κ2) is 6.23. The zero-order valence-electron chi connectivity index (χ0n) is 12.4. The van der Waals surface area contributed by atoms with E-state index in [0.717, 1.165) is 12.1 Å². The fourth-order valence-electron chi connectivity index (χ4n) is 2.18. The Hall–Kier alpha value is -2.27. The van der Waals surface area contributed by atoms with Crippen LogP contribution in [0.2, 0.25) is 0 Å². The first-order chi connectivity index (χ1) is 10.7. The molecule has 1 saturated heterocycles. The van der Waals surface area contributed by atoms with E-state index in [-0.39, 0.29) is 5.91 Å². The molecule has 1 aliphatic heterocycles. The Balaban J connectivity index is 1.93. The van der Waals surface area contributed by atoms with E-state index in [2.05, 4.69) is 18.0 Å². The minimum atomic E-state index is -0.0610. The van der Waals surface area contributed by atoms with E-state index in [1.807, 2.05) is 24.3 Å². The molecule has 4 nitrogen and oxygen atoms in total. The summed E-state index contributed by atoms with van der Waals surface area (Å²) < 4.78 is 5.27. The van der Waals surface area contributed by atoms with Gasteiger partial charge in [-0.05, 0) is 41.9 Å². The number of para-hydroxylation sites is 1. The number of thioether (sulfide) groups is 1. The van der Waals surface area contributed by atoms with Crippen LogP contribution < -0.4 is 0 Å². The van der Waals surface area contributed by atoms with Crippen LogP contribution in [0.3, 0.4) is 0 Å². The van der Waals surface area contributed by atoms with E-state index in [0.29, 0.717) is 15.8 Å². The number of likely N-dealkylation sites (N-methyl/N-ethyl adjacent to an activating group) is 1. The molecule has 1 fully saturated rings. The van der Waals surface area contributed by atoms with Crippen molar-refractivity contribution in [2.45, 2.75) is 13.3 Å². The molecule has 0 N–H and O–H groups in total. The molecule has 112 valence electrons. The summed E-state index contributed by atoms with van der Waals surface area (Å²) >= 11 is 1.37. The number of nitrogens with zero attached hydrogens (tertiary/aromatic N) is 2. The van der Waals surface area contributed by atoms with Crippen LogP contribution in [0.15, 0.2) is 57.0 Å². The summed E-state index contributed by atoms with van der Waals surface area (Å²) in [5.41, 5.74) is 2.08. The lowest BCUT2D eigenvalue weighted by Crippen LogP contribution is -2.23. The average Bonchev–Trinajstić information content (AvgIpc) is 3.13. The molecular weight excluding hydrogens is 296 g/mol. The number of aliphatic imine (C=N–C) groups is 1. The number of carbonyl (C=O) groups excluding carboxylic acids is 1.